The Morgan fingerprint density at radius 1 is 1.03 bits per heavy atom. The minimum atomic E-state index is -0.955. The SMILES string of the molecule is CC=CCc1nn(CC=CC)c(=O)n1Cc1ccc(-c2ccccc2C(=O)O)cc1. The number of rotatable bonds is 8. The van der Waals surface area contributed by atoms with Gasteiger partial charge >= 0.3 is 11.7 Å². The van der Waals surface area contributed by atoms with Crippen LogP contribution in [-0.2, 0) is 19.5 Å². The second-order valence-corrected chi connectivity index (χ2v) is 6.86. The second-order valence-electron chi connectivity index (χ2n) is 6.86. The molecule has 0 bridgehead atoms. The van der Waals surface area contributed by atoms with Gasteiger partial charge in [0.25, 0.3) is 0 Å². The lowest BCUT2D eigenvalue weighted by atomic mass is 9.99. The monoisotopic (exact) mass is 403 g/mol. The maximum absolute atomic E-state index is 12.8. The van der Waals surface area contributed by atoms with Gasteiger partial charge in [-0.3, -0.25) is 4.57 Å². The maximum atomic E-state index is 12.8. The van der Waals surface area contributed by atoms with Gasteiger partial charge in [0.05, 0.1) is 18.7 Å². The highest BCUT2D eigenvalue weighted by Gasteiger charge is 2.13. The van der Waals surface area contributed by atoms with Crippen LogP contribution in [0.1, 0.15) is 35.6 Å². The Bertz CT molecular complexity index is 1140. The van der Waals surface area contributed by atoms with Gasteiger partial charge in [0.15, 0.2) is 0 Å². The van der Waals surface area contributed by atoms with E-state index in [9.17, 15) is 14.7 Å². The Morgan fingerprint density at radius 3 is 2.40 bits per heavy atom. The summed E-state index contributed by atoms with van der Waals surface area (Å²) in [4.78, 5) is 24.3. The molecule has 0 aliphatic heterocycles. The molecule has 0 saturated carbocycles. The third-order valence-corrected chi connectivity index (χ3v) is 4.81. The van der Waals surface area contributed by atoms with E-state index in [0.717, 1.165) is 11.1 Å². The smallest absolute Gasteiger partial charge is 0.346 e. The molecular formula is C24H25N3O3. The maximum Gasteiger partial charge on any atom is 0.346 e. The van der Waals surface area contributed by atoms with Crippen molar-refractivity contribution >= 4 is 5.97 Å². The fraction of sp³-hybridized carbons (Fsp3) is 0.208. The first-order valence-electron chi connectivity index (χ1n) is 9.85. The lowest BCUT2D eigenvalue weighted by Crippen LogP contribution is -2.25. The summed E-state index contributed by atoms with van der Waals surface area (Å²) in [6, 6.07) is 14.5. The zero-order chi connectivity index (χ0) is 21.5. The molecule has 0 aliphatic carbocycles. The second kappa shape index (κ2) is 9.69. The largest absolute Gasteiger partial charge is 0.478 e. The molecule has 3 rings (SSSR count). The number of hydrogen-bond donors (Lipinski definition) is 1. The van der Waals surface area contributed by atoms with Crippen LogP contribution < -0.4 is 5.69 Å². The molecule has 30 heavy (non-hydrogen) atoms. The molecule has 1 N–H and O–H groups in total. The fourth-order valence-corrected chi connectivity index (χ4v) is 3.24. The molecule has 6 heteroatoms. The zero-order valence-corrected chi connectivity index (χ0v) is 17.2. The van der Waals surface area contributed by atoms with Gasteiger partial charge in [-0.2, -0.15) is 5.10 Å². The first-order valence-corrected chi connectivity index (χ1v) is 9.85. The van der Waals surface area contributed by atoms with Crippen LogP contribution in [0, 0.1) is 0 Å². The Kier molecular flexibility index (Phi) is 6.80. The van der Waals surface area contributed by atoms with E-state index >= 15 is 0 Å². The van der Waals surface area contributed by atoms with Crippen molar-refractivity contribution in [2.45, 2.75) is 33.4 Å². The highest BCUT2D eigenvalue weighted by molar-refractivity contribution is 5.95. The highest BCUT2D eigenvalue weighted by atomic mass is 16.4. The first kappa shape index (κ1) is 21.0. The summed E-state index contributed by atoms with van der Waals surface area (Å²) in [5, 5.41) is 13.9. The van der Waals surface area contributed by atoms with Crippen molar-refractivity contribution in [3.05, 3.63) is 100 Å². The number of hydrogen-bond acceptors (Lipinski definition) is 3. The summed E-state index contributed by atoms with van der Waals surface area (Å²) in [5.41, 5.74) is 2.55. The van der Waals surface area contributed by atoms with Gasteiger partial charge in [0.1, 0.15) is 5.82 Å². The van der Waals surface area contributed by atoms with E-state index in [1.165, 1.54) is 4.68 Å². The molecule has 6 nitrogen and oxygen atoms in total. The third-order valence-electron chi connectivity index (χ3n) is 4.81. The van der Waals surface area contributed by atoms with E-state index in [0.29, 0.717) is 30.9 Å². The van der Waals surface area contributed by atoms with Crippen molar-refractivity contribution in [2.24, 2.45) is 0 Å². The summed E-state index contributed by atoms with van der Waals surface area (Å²) in [6.07, 6.45) is 8.29. The van der Waals surface area contributed by atoms with Gasteiger partial charge in [0, 0.05) is 6.42 Å². The van der Waals surface area contributed by atoms with E-state index in [-0.39, 0.29) is 11.3 Å². The molecule has 0 aliphatic rings. The van der Waals surface area contributed by atoms with Gasteiger partial charge in [-0.25, -0.2) is 14.3 Å². The molecule has 1 aromatic heterocycles. The molecule has 0 radical (unpaired) electrons. The van der Waals surface area contributed by atoms with E-state index in [1.807, 2.05) is 68.5 Å². The average molecular weight is 403 g/mol. The molecule has 0 fully saturated rings. The number of carboxylic acids is 1. The lowest BCUT2D eigenvalue weighted by Gasteiger charge is -2.08. The van der Waals surface area contributed by atoms with Gasteiger partial charge in [-0.15, -0.1) is 0 Å². The molecule has 0 spiro atoms. The Hall–Kier alpha value is -3.67. The third kappa shape index (κ3) is 4.66. The minimum absolute atomic E-state index is 0.145. The molecule has 154 valence electrons. The predicted molar refractivity (Wildman–Crippen MR) is 118 cm³/mol. The van der Waals surface area contributed by atoms with Crippen LogP contribution in [0.5, 0.6) is 0 Å². The van der Waals surface area contributed by atoms with Crippen molar-refractivity contribution < 1.29 is 9.90 Å². The quantitative estimate of drug-likeness (QED) is 0.573. The molecule has 0 saturated heterocycles. The summed E-state index contributed by atoms with van der Waals surface area (Å²) in [5.74, 6) is -0.244. The standard InChI is InChI=1S/C24H25N3O3/c1-3-5-11-22-25-27(16-6-4-2)24(30)26(22)17-18-12-14-19(15-13-18)20-9-7-8-10-21(20)23(28)29/h3-10,12-15H,11,16-17H2,1-2H3,(H,28,29). The van der Waals surface area contributed by atoms with Gasteiger partial charge in [-0.1, -0.05) is 66.8 Å². The highest BCUT2D eigenvalue weighted by Crippen LogP contribution is 2.24. The van der Waals surface area contributed by atoms with Crippen LogP contribution in [-0.4, -0.2) is 25.4 Å². The minimum Gasteiger partial charge on any atom is -0.478 e. The number of benzene rings is 2. The van der Waals surface area contributed by atoms with Crippen molar-refractivity contribution in [1.82, 2.24) is 14.3 Å². The van der Waals surface area contributed by atoms with Gasteiger partial charge in [0.2, 0.25) is 0 Å². The van der Waals surface area contributed by atoms with Crippen LogP contribution in [0.2, 0.25) is 0 Å². The van der Waals surface area contributed by atoms with E-state index in [4.69, 9.17) is 0 Å². The fourth-order valence-electron chi connectivity index (χ4n) is 3.24. The number of aromatic nitrogens is 3. The summed E-state index contributed by atoms with van der Waals surface area (Å²) >= 11 is 0. The van der Waals surface area contributed by atoms with Gasteiger partial charge in [-0.05, 0) is 36.6 Å². The molecule has 0 atom stereocenters. The van der Waals surface area contributed by atoms with Crippen LogP contribution in [0.4, 0.5) is 0 Å². The average Bonchev–Trinajstić information content (AvgIpc) is 3.05. The molecule has 0 amide bonds. The first-order chi connectivity index (χ1) is 14.5. The Labute approximate surface area is 175 Å². The van der Waals surface area contributed by atoms with E-state index in [2.05, 4.69) is 5.10 Å². The van der Waals surface area contributed by atoms with Crippen molar-refractivity contribution in [3.8, 4) is 11.1 Å². The van der Waals surface area contributed by atoms with Crippen molar-refractivity contribution in [3.63, 3.8) is 0 Å². The number of carbonyl (C=O) groups is 1. The van der Waals surface area contributed by atoms with Crippen molar-refractivity contribution in [2.75, 3.05) is 0 Å². The predicted octanol–water partition coefficient (Wildman–Crippen LogP) is 4.15. The summed E-state index contributed by atoms with van der Waals surface area (Å²) < 4.78 is 3.15. The van der Waals surface area contributed by atoms with Crippen molar-refractivity contribution in [1.29, 1.82) is 0 Å². The molecule has 3 aromatic rings. The molecule has 1 heterocycles. The Balaban J connectivity index is 1.91. The van der Waals surface area contributed by atoms with E-state index in [1.54, 1.807) is 22.8 Å². The van der Waals surface area contributed by atoms with Gasteiger partial charge < -0.3 is 5.11 Å². The zero-order valence-electron chi connectivity index (χ0n) is 17.2. The lowest BCUT2D eigenvalue weighted by molar-refractivity contribution is 0.0697. The summed E-state index contributed by atoms with van der Waals surface area (Å²) in [7, 11) is 0. The Morgan fingerprint density at radius 2 is 1.73 bits per heavy atom. The van der Waals surface area contributed by atoms with Crippen LogP contribution in [0.3, 0.4) is 0 Å². The molecule has 0 unspecified atom stereocenters. The van der Waals surface area contributed by atoms with Crippen LogP contribution in [0.15, 0.2) is 77.6 Å². The number of carboxylic acid groups (broad SMARTS) is 1. The van der Waals surface area contributed by atoms with E-state index < -0.39 is 5.97 Å². The number of aromatic carboxylic acids is 1. The molecule has 2 aromatic carbocycles. The normalized spacial score (nSPS) is 11.5. The number of allylic oxidation sites excluding steroid dienone is 4. The topological polar surface area (TPSA) is 77.1 Å². The summed E-state index contributed by atoms with van der Waals surface area (Å²) in [6.45, 7) is 4.69. The van der Waals surface area contributed by atoms with Crippen LogP contribution in [0.25, 0.3) is 11.1 Å². The van der Waals surface area contributed by atoms with Crippen LogP contribution >= 0.6 is 0 Å². The number of nitrogens with zero attached hydrogens (tertiary/aromatic N) is 3. The molecular weight excluding hydrogens is 378 g/mol.